The summed E-state index contributed by atoms with van der Waals surface area (Å²) in [6, 6.07) is 8.03. The fourth-order valence-electron chi connectivity index (χ4n) is 2.77. The number of rotatable bonds is 8. The van der Waals surface area contributed by atoms with Crippen molar-refractivity contribution < 1.29 is 28.2 Å². The van der Waals surface area contributed by atoms with Crippen LogP contribution in [0.1, 0.15) is 17.3 Å². The summed E-state index contributed by atoms with van der Waals surface area (Å²) >= 11 is 0. The molecule has 0 spiro atoms. The number of methoxy groups -OCH3 is 1. The third-order valence-corrected chi connectivity index (χ3v) is 4.24. The normalized spacial score (nSPS) is 10.5. The van der Waals surface area contributed by atoms with Gasteiger partial charge in [-0.1, -0.05) is 0 Å². The Kier molecular flexibility index (Phi) is 6.83. The Labute approximate surface area is 177 Å². The van der Waals surface area contributed by atoms with Crippen LogP contribution in [0.15, 0.2) is 42.6 Å². The number of hydrogen-bond donors (Lipinski definition) is 3. The third kappa shape index (κ3) is 5.17. The van der Waals surface area contributed by atoms with E-state index in [1.54, 1.807) is 19.1 Å². The zero-order chi connectivity index (χ0) is 22.4. The minimum atomic E-state index is -0.693. The van der Waals surface area contributed by atoms with Gasteiger partial charge < -0.3 is 30.6 Å². The molecule has 3 aromatic rings. The van der Waals surface area contributed by atoms with Crippen LogP contribution >= 0.6 is 0 Å². The number of carbonyl (C=O) groups excluding carboxylic acids is 2. The first-order chi connectivity index (χ1) is 14.9. The van der Waals surface area contributed by atoms with Crippen molar-refractivity contribution in [3.8, 4) is 17.2 Å². The van der Waals surface area contributed by atoms with Gasteiger partial charge in [0.1, 0.15) is 29.8 Å². The Hall–Kier alpha value is -3.92. The SMILES string of the molecule is CCOCNC(=O)Nc1ccc(Oc2ccnc3cc(OC)c(C(N)=O)cc23)cc1F. The number of carbonyl (C=O) groups is 2. The van der Waals surface area contributed by atoms with Crippen molar-refractivity contribution >= 4 is 28.5 Å². The van der Waals surface area contributed by atoms with Crippen molar-refractivity contribution in [1.82, 2.24) is 10.3 Å². The number of hydrogen-bond acceptors (Lipinski definition) is 6. The Bertz CT molecular complexity index is 1120. The molecule has 0 bridgehead atoms. The molecule has 0 aliphatic rings. The molecule has 2 aromatic carbocycles. The smallest absolute Gasteiger partial charge is 0.321 e. The van der Waals surface area contributed by atoms with Gasteiger partial charge in [0, 0.05) is 30.3 Å². The average molecular weight is 428 g/mol. The predicted molar refractivity (Wildman–Crippen MR) is 112 cm³/mol. The van der Waals surface area contributed by atoms with Crippen molar-refractivity contribution in [3.05, 3.63) is 54.0 Å². The number of primary amides is 1. The molecule has 1 aromatic heterocycles. The highest BCUT2D eigenvalue weighted by Crippen LogP contribution is 2.34. The molecule has 9 nitrogen and oxygen atoms in total. The Balaban J connectivity index is 1.84. The number of urea groups is 1. The van der Waals surface area contributed by atoms with Gasteiger partial charge in [0.25, 0.3) is 5.91 Å². The zero-order valence-corrected chi connectivity index (χ0v) is 16.9. The highest BCUT2D eigenvalue weighted by atomic mass is 19.1. The lowest BCUT2D eigenvalue weighted by atomic mass is 10.1. The van der Waals surface area contributed by atoms with Crippen LogP contribution in [0.4, 0.5) is 14.9 Å². The molecule has 3 rings (SSSR count). The van der Waals surface area contributed by atoms with Crippen LogP contribution < -0.4 is 25.8 Å². The van der Waals surface area contributed by atoms with E-state index in [4.69, 9.17) is 19.9 Å². The van der Waals surface area contributed by atoms with Crippen LogP contribution in [-0.4, -0.2) is 37.4 Å². The van der Waals surface area contributed by atoms with E-state index < -0.39 is 17.8 Å². The van der Waals surface area contributed by atoms with Gasteiger partial charge in [-0.05, 0) is 31.2 Å². The molecule has 0 unspecified atom stereocenters. The highest BCUT2D eigenvalue weighted by Gasteiger charge is 2.15. The Morgan fingerprint density at radius 2 is 1.97 bits per heavy atom. The summed E-state index contributed by atoms with van der Waals surface area (Å²) in [6.45, 7) is 2.24. The lowest BCUT2D eigenvalue weighted by Crippen LogP contribution is -2.31. The molecule has 3 amide bonds. The lowest BCUT2D eigenvalue weighted by molar-refractivity contribution is 0.0997. The van der Waals surface area contributed by atoms with Gasteiger partial charge in [-0.25, -0.2) is 9.18 Å². The number of fused-ring (bicyclic) bond motifs is 1. The highest BCUT2D eigenvalue weighted by molar-refractivity contribution is 6.01. The third-order valence-electron chi connectivity index (χ3n) is 4.24. The molecule has 10 heteroatoms. The molecule has 0 saturated heterocycles. The molecule has 4 N–H and O–H groups in total. The van der Waals surface area contributed by atoms with Crippen LogP contribution in [-0.2, 0) is 4.74 Å². The second-order valence-corrected chi connectivity index (χ2v) is 6.25. The summed E-state index contributed by atoms with van der Waals surface area (Å²) in [5.41, 5.74) is 6.06. The van der Waals surface area contributed by atoms with E-state index in [0.29, 0.717) is 23.3 Å². The van der Waals surface area contributed by atoms with Gasteiger partial charge in [0.2, 0.25) is 0 Å². The maximum Gasteiger partial charge on any atom is 0.321 e. The molecule has 0 aliphatic carbocycles. The minimum absolute atomic E-state index is 0.0122. The fraction of sp³-hybridized carbons (Fsp3) is 0.190. The van der Waals surface area contributed by atoms with Crippen LogP contribution in [0.2, 0.25) is 0 Å². The number of benzene rings is 2. The molecule has 31 heavy (non-hydrogen) atoms. The number of aromatic nitrogens is 1. The van der Waals surface area contributed by atoms with Crippen LogP contribution in [0.5, 0.6) is 17.2 Å². The first-order valence-corrected chi connectivity index (χ1v) is 9.29. The second kappa shape index (κ2) is 9.72. The largest absolute Gasteiger partial charge is 0.496 e. The van der Waals surface area contributed by atoms with E-state index >= 15 is 0 Å². The van der Waals surface area contributed by atoms with E-state index in [0.717, 1.165) is 6.07 Å². The van der Waals surface area contributed by atoms with Crippen molar-refractivity contribution in [2.24, 2.45) is 5.73 Å². The lowest BCUT2D eigenvalue weighted by Gasteiger charge is -2.13. The first kappa shape index (κ1) is 21.8. The van der Waals surface area contributed by atoms with E-state index in [1.807, 2.05) is 0 Å². The maximum atomic E-state index is 14.4. The van der Waals surface area contributed by atoms with Gasteiger partial charge in [0.05, 0.1) is 23.9 Å². The van der Waals surface area contributed by atoms with Crippen molar-refractivity contribution in [3.63, 3.8) is 0 Å². The van der Waals surface area contributed by atoms with Gasteiger partial charge in [-0.15, -0.1) is 0 Å². The average Bonchev–Trinajstić information content (AvgIpc) is 2.75. The summed E-state index contributed by atoms with van der Waals surface area (Å²) in [5.74, 6) is -0.556. The molecular formula is C21H21FN4O5. The molecular weight excluding hydrogens is 407 g/mol. The topological polar surface area (TPSA) is 125 Å². The van der Waals surface area contributed by atoms with Gasteiger partial charge in [0.15, 0.2) is 0 Å². The molecule has 0 saturated carbocycles. The summed E-state index contributed by atoms with van der Waals surface area (Å²) in [4.78, 5) is 27.7. The molecule has 0 atom stereocenters. The number of amides is 3. The van der Waals surface area contributed by atoms with Crippen molar-refractivity contribution in [2.75, 3.05) is 25.8 Å². The quantitative estimate of drug-likeness (QED) is 0.373. The zero-order valence-electron chi connectivity index (χ0n) is 16.9. The van der Waals surface area contributed by atoms with Crippen LogP contribution in [0, 0.1) is 5.82 Å². The molecule has 1 heterocycles. The molecule has 0 aliphatic heterocycles. The van der Waals surface area contributed by atoms with E-state index in [9.17, 15) is 14.0 Å². The first-order valence-electron chi connectivity index (χ1n) is 9.29. The number of ether oxygens (including phenoxy) is 3. The summed E-state index contributed by atoms with van der Waals surface area (Å²) in [6.07, 6.45) is 1.51. The number of anilines is 1. The number of halogens is 1. The molecule has 0 fully saturated rings. The van der Waals surface area contributed by atoms with E-state index in [-0.39, 0.29) is 29.5 Å². The summed E-state index contributed by atoms with van der Waals surface area (Å²) < 4.78 is 30.4. The molecule has 162 valence electrons. The van der Waals surface area contributed by atoms with Gasteiger partial charge >= 0.3 is 6.03 Å². The van der Waals surface area contributed by atoms with E-state index in [2.05, 4.69) is 15.6 Å². The standard InChI is InChI=1S/C21H21FN4O5/c1-3-30-11-25-21(28)26-16-5-4-12(8-15(16)22)31-18-6-7-24-17-10-19(29-2)14(20(23)27)9-13(17)18/h4-10H,3,11H2,1-2H3,(H2,23,27)(H2,25,26,28). The monoisotopic (exact) mass is 428 g/mol. The summed E-state index contributed by atoms with van der Waals surface area (Å²) in [5, 5.41) is 5.31. The predicted octanol–water partition coefficient (Wildman–Crippen LogP) is 3.39. The van der Waals surface area contributed by atoms with Crippen molar-refractivity contribution in [1.29, 1.82) is 0 Å². The van der Waals surface area contributed by atoms with Gasteiger partial charge in [-0.3, -0.25) is 9.78 Å². The minimum Gasteiger partial charge on any atom is -0.496 e. The number of nitrogens with zero attached hydrogens (tertiary/aromatic N) is 1. The Morgan fingerprint density at radius 3 is 2.65 bits per heavy atom. The number of pyridine rings is 1. The van der Waals surface area contributed by atoms with E-state index in [1.165, 1.54) is 31.5 Å². The Morgan fingerprint density at radius 1 is 1.16 bits per heavy atom. The maximum absolute atomic E-state index is 14.4. The number of nitrogens with two attached hydrogens (primary N) is 1. The van der Waals surface area contributed by atoms with Gasteiger partial charge in [-0.2, -0.15) is 0 Å². The fourth-order valence-corrected chi connectivity index (χ4v) is 2.77. The molecule has 0 radical (unpaired) electrons. The van der Waals surface area contributed by atoms with Crippen molar-refractivity contribution in [2.45, 2.75) is 6.92 Å². The van der Waals surface area contributed by atoms with Crippen LogP contribution in [0.25, 0.3) is 10.9 Å². The number of nitrogens with one attached hydrogen (secondary N) is 2. The second-order valence-electron chi connectivity index (χ2n) is 6.25. The van der Waals surface area contributed by atoms with Crippen LogP contribution in [0.3, 0.4) is 0 Å². The summed E-state index contributed by atoms with van der Waals surface area (Å²) in [7, 11) is 1.42.